The molecule has 24 heteroatoms. The highest BCUT2D eigenvalue weighted by Crippen LogP contribution is 2.41. The molecule has 0 aliphatic rings. The standard InChI is InChI=1S/C49H53FN8O13S2/c1-7-9-17-40-54-47(43(49(61)57(40)44-35(66-3)15-12-16-36(44)67-4)56-72(62,63)22-20-30-18-19-31-13-10-11-14-32(31)24-30)71-34-25-37(68-5)45(38(26-34)69-6)58-41(29-70-8-2)53-46(59)42(48(58)60)55-73(64,65)23-21-39-51-27-33(50)28-52-39/h10-16,18-19,24-28,55-56,59H,7-9,17,20-23,29H2,1-6H3. The van der Waals surface area contributed by atoms with Crippen LogP contribution in [-0.2, 0) is 50.7 Å². The lowest BCUT2D eigenvalue weighted by molar-refractivity contribution is 0.125. The van der Waals surface area contributed by atoms with Crippen LogP contribution in [0.3, 0.4) is 0 Å². The number of aromatic hydroxyl groups is 1. The van der Waals surface area contributed by atoms with Crippen LogP contribution in [0.1, 0.15) is 49.7 Å². The Labute approximate surface area is 419 Å². The molecule has 0 saturated heterocycles. The normalized spacial score (nSPS) is 11.6. The second-order valence-corrected chi connectivity index (χ2v) is 19.8. The molecule has 0 radical (unpaired) electrons. The lowest BCUT2D eigenvalue weighted by Gasteiger charge is -2.22. The van der Waals surface area contributed by atoms with Gasteiger partial charge in [0.15, 0.2) is 28.7 Å². The number of para-hydroxylation sites is 1. The maximum Gasteiger partial charge on any atom is 0.286 e. The molecule has 0 amide bonds. The van der Waals surface area contributed by atoms with Crippen LogP contribution in [0.25, 0.3) is 22.1 Å². The molecule has 0 aliphatic carbocycles. The summed E-state index contributed by atoms with van der Waals surface area (Å²) in [5, 5.41) is 12.9. The van der Waals surface area contributed by atoms with Crippen molar-refractivity contribution in [3.8, 4) is 51.9 Å². The number of aryl methyl sites for hydroxylation is 3. The van der Waals surface area contributed by atoms with E-state index >= 15 is 4.79 Å². The third-order valence-electron chi connectivity index (χ3n) is 11.2. The molecule has 0 unspecified atom stereocenters. The number of sulfonamides is 2. The summed E-state index contributed by atoms with van der Waals surface area (Å²) in [6, 6.07) is 20.7. The first-order chi connectivity index (χ1) is 35.0. The lowest BCUT2D eigenvalue weighted by Crippen LogP contribution is -2.31. The van der Waals surface area contributed by atoms with Gasteiger partial charge in [0.25, 0.3) is 17.0 Å². The molecule has 3 aromatic heterocycles. The number of ether oxygens (including phenoxy) is 6. The van der Waals surface area contributed by atoms with Gasteiger partial charge in [-0.1, -0.05) is 61.9 Å². The smallest absolute Gasteiger partial charge is 0.286 e. The molecule has 3 heterocycles. The maximum atomic E-state index is 15.1. The van der Waals surface area contributed by atoms with Crippen molar-refractivity contribution in [1.82, 2.24) is 29.1 Å². The summed E-state index contributed by atoms with van der Waals surface area (Å²) in [5.74, 6) is -3.33. The minimum Gasteiger partial charge on any atom is -0.494 e. The predicted octanol–water partition coefficient (Wildman–Crippen LogP) is 6.24. The van der Waals surface area contributed by atoms with Gasteiger partial charge in [-0.05, 0) is 48.2 Å². The van der Waals surface area contributed by atoms with Crippen LogP contribution in [0.15, 0.2) is 94.8 Å². The number of halogens is 1. The van der Waals surface area contributed by atoms with Crippen LogP contribution in [-0.4, -0.2) is 97.6 Å². The van der Waals surface area contributed by atoms with E-state index in [1.54, 1.807) is 25.1 Å². The van der Waals surface area contributed by atoms with Crippen molar-refractivity contribution in [3.05, 3.63) is 135 Å². The number of anilines is 2. The minimum atomic E-state index is -4.42. The van der Waals surface area contributed by atoms with Crippen molar-refractivity contribution < 1.29 is 54.8 Å². The Hall–Kier alpha value is -7.83. The molecule has 4 aromatic carbocycles. The second-order valence-electron chi connectivity index (χ2n) is 16.1. The van der Waals surface area contributed by atoms with Gasteiger partial charge in [-0.3, -0.25) is 28.2 Å². The zero-order valence-corrected chi connectivity index (χ0v) is 42.3. The van der Waals surface area contributed by atoms with Gasteiger partial charge >= 0.3 is 0 Å². The summed E-state index contributed by atoms with van der Waals surface area (Å²) in [5.41, 5.74) is -2.70. The predicted molar refractivity (Wildman–Crippen MR) is 270 cm³/mol. The molecule has 3 N–H and O–H groups in total. The summed E-state index contributed by atoms with van der Waals surface area (Å²) in [6.45, 7) is 3.39. The average molecular weight is 1050 g/mol. The number of aromatic nitrogens is 6. The molecule has 0 fully saturated rings. The van der Waals surface area contributed by atoms with Gasteiger partial charge in [0.05, 0.1) is 52.3 Å². The van der Waals surface area contributed by atoms with E-state index in [2.05, 4.69) is 24.4 Å². The van der Waals surface area contributed by atoms with Gasteiger partial charge < -0.3 is 33.5 Å². The first-order valence-corrected chi connectivity index (χ1v) is 26.0. The van der Waals surface area contributed by atoms with Crippen molar-refractivity contribution in [1.29, 1.82) is 0 Å². The second kappa shape index (κ2) is 23.2. The number of unbranched alkanes of at least 4 members (excludes halogenated alkanes) is 1. The van der Waals surface area contributed by atoms with Crippen LogP contribution in [0.4, 0.5) is 15.8 Å². The van der Waals surface area contributed by atoms with Crippen molar-refractivity contribution in [2.45, 2.75) is 52.6 Å². The Bertz CT molecular complexity index is 3440. The van der Waals surface area contributed by atoms with Crippen molar-refractivity contribution >= 4 is 42.2 Å². The SMILES string of the molecule is CCCCc1nc(Oc2cc(OC)c(-n3c(COCC)nc(O)c(NS(=O)(=O)CCc4ncc(F)cn4)c3=O)c(OC)c2)c(NS(=O)(=O)CCc2ccc3ccccc3c2)c(=O)n1-c1c(OC)cccc1OC. The van der Waals surface area contributed by atoms with Crippen LogP contribution in [0.2, 0.25) is 0 Å². The Morgan fingerprint density at radius 1 is 0.658 bits per heavy atom. The Balaban J connectivity index is 1.35. The monoisotopic (exact) mass is 1040 g/mol. The zero-order valence-electron chi connectivity index (χ0n) is 40.7. The molecule has 73 heavy (non-hydrogen) atoms. The number of hydrogen-bond acceptors (Lipinski definition) is 17. The fraction of sp³-hybridized carbons (Fsp3) is 0.306. The molecule has 7 rings (SSSR count). The first-order valence-electron chi connectivity index (χ1n) is 22.7. The van der Waals surface area contributed by atoms with Gasteiger partial charge in [-0.15, -0.1) is 0 Å². The van der Waals surface area contributed by atoms with Gasteiger partial charge in [-0.25, -0.2) is 31.2 Å². The number of benzene rings is 4. The van der Waals surface area contributed by atoms with E-state index in [9.17, 15) is 31.1 Å². The van der Waals surface area contributed by atoms with Gasteiger partial charge in [0, 0.05) is 31.6 Å². The van der Waals surface area contributed by atoms with E-state index in [1.807, 2.05) is 49.4 Å². The van der Waals surface area contributed by atoms with E-state index in [4.69, 9.17) is 33.4 Å². The molecule has 0 spiro atoms. The lowest BCUT2D eigenvalue weighted by atomic mass is 10.1. The van der Waals surface area contributed by atoms with Crippen molar-refractivity contribution in [2.24, 2.45) is 0 Å². The van der Waals surface area contributed by atoms with Crippen LogP contribution >= 0.6 is 0 Å². The number of nitrogens with one attached hydrogen (secondary N) is 2. The van der Waals surface area contributed by atoms with Crippen LogP contribution in [0, 0.1) is 5.82 Å². The summed E-state index contributed by atoms with van der Waals surface area (Å²) in [6.07, 6.45) is 2.97. The Morgan fingerprint density at radius 2 is 1.23 bits per heavy atom. The fourth-order valence-electron chi connectivity index (χ4n) is 7.67. The average Bonchev–Trinajstić information content (AvgIpc) is 3.38. The molecule has 0 atom stereocenters. The van der Waals surface area contributed by atoms with Gasteiger partial charge in [0.2, 0.25) is 25.9 Å². The molecule has 7 aromatic rings. The summed E-state index contributed by atoms with van der Waals surface area (Å²) < 4.78 is 110. The van der Waals surface area contributed by atoms with E-state index < -0.39 is 71.6 Å². The van der Waals surface area contributed by atoms with Crippen LogP contribution < -0.4 is 44.2 Å². The molecular formula is C49H53FN8O13S2. The number of fused-ring (bicyclic) bond motifs is 1. The zero-order chi connectivity index (χ0) is 52.5. The van der Waals surface area contributed by atoms with Crippen molar-refractivity contribution in [3.63, 3.8) is 0 Å². The highest BCUT2D eigenvalue weighted by molar-refractivity contribution is 7.93. The van der Waals surface area contributed by atoms with Crippen molar-refractivity contribution in [2.75, 3.05) is 56.0 Å². The highest BCUT2D eigenvalue weighted by Gasteiger charge is 2.30. The van der Waals surface area contributed by atoms with Gasteiger partial charge in [-0.2, -0.15) is 9.97 Å². The molecule has 0 bridgehead atoms. The minimum absolute atomic E-state index is 0.00194. The Morgan fingerprint density at radius 3 is 1.85 bits per heavy atom. The first kappa shape index (κ1) is 53.0. The molecule has 386 valence electrons. The molecule has 0 saturated carbocycles. The number of nitrogens with zero attached hydrogens (tertiary/aromatic N) is 6. The molecule has 21 nitrogen and oxygen atoms in total. The third kappa shape index (κ3) is 12.3. The number of methoxy groups -OCH3 is 4. The van der Waals surface area contributed by atoms with E-state index in [0.717, 1.165) is 33.3 Å². The third-order valence-corrected chi connectivity index (χ3v) is 13.7. The molecular weight excluding hydrogens is 992 g/mol. The van der Waals surface area contributed by atoms with E-state index in [0.29, 0.717) is 12.8 Å². The molecule has 0 aliphatic heterocycles. The van der Waals surface area contributed by atoms with E-state index in [-0.39, 0.29) is 90.1 Å². The summed E-state index contributed by atoms with van der Waals surface area (Å²) in [4.78, 5) is 46.1. The largest absolute Gasteiger partial charge is 0.494 e. The highest BCUT2D eigenvalue weighted by atomic mass is 32.2. The quantitative estimate of drug-likeness (QED) is 0.0605. The maximum absolute atomic E-state index is 15.1. The van der Waals surface area contributed by atoms with Gasteiger partial charge in [0.1, 0.15) is 52.7 Å². The van der Waals surface area contributed by atoms with E-state index in [1.165, 1.54) is 45.1 Å². The number of rotatable bonds is 24. The summed E-state index contributed by atoms with van der Waals surface area (Å²) in [7, 11) is -3.44. The number of hydrogen-bond donors (Lipinski definition) is 3. The summed E-state index contributed by atoms with van der Waals surface area (Å²) >= 11 is 0. The van der Waals surface area contributed by atoms with Crippen LogP contribution in [0.5, 0.6) is 40.5 Å². The topological polar surface area (TPSA) is 264 Å². The fourth-order valence-corrected chi connectivity index (χ4v) is 9.80. The Kier molecular flexibility index (Phi) is 16.8.